The van der Waals surface area contributed by atoms with Crippen LogP contribution in [0.3, 0.4) is 0 Å². The molecule has 1 heterocycles. The van der Waals surface area contributed by atoms with E-state index in [1.54, 1.807) is 6.92 Å². The molecule has 0 saturated carbocycles. The molecule has 5 N–H and O–H groups in total. The standard InChI is InChI=1S/C26H33N3O9/c1-3-5-6-7-19(20(4-2)29(37)15-30)24(33)27-14-28-25(34)22-11-10-21(38-22)16-8-9-18(26(35)36)17(12-16)13-23(31)32/h8-12,15,19-20,37H,3-7,13-14H2,1-2H3,(H,27,33)(H,28,34)(H,31,32)(H,35,36)/t19-,20-/m1/s1. The minimum atomic E-state index is -1.26. The number of hydrogen-bond donors (Lipinski definition) is 5. The van der Waals surface area contributed by atoms with Crippen LogP contribution in [0, 0.1) is 5.92 Å². The van der Waals surface area contributed by atoms with Crippen molar-refractivity contribution in [3.05, 3.63) is 47.2 Å². The van der Waals surface area contributed by atoms with Crippen molar-refractivity contribution in [2.75, 3.05) is 6.67 Å². The van der Waals surface area contributed by atoms with Crippen molar-refractivity contribution in [3.63, 3.8) is 0 Å². The third kappa shape index (κ3) is 8.17. The lowest BCUT2D eigenvalue weighted by molar-refractivity contribution is -0.168. The Morgan fingerprint density at radius 1 is 1.05 bits per heavy atom. The van der Waals surface area contributed by atoms with Crippen LogP contribution < -0.4 is 10.6 Å². The number of carbonyl (C=O) groups excluding carboxylic acids is 3. The second kappa shape index (κ2) is 14.5. The van der Waals surface area contributed by atoms with Gasteiger partial charge >= 0.3 is 11.9 Å². The molecule has 2 rings (SSSR count). The van der Waals surface area contributed by atoms with Gasteiger partial charge < -0.3 is 25.3 Å². The minimum Gasteiger partial charge on any atom is -0.481 e. The van der Waals surface area contributed by atoms with Gasteiger partial charge in [0.15, 0.2) is 5.76 Å². The maximum absolute atomic E-state index is 12.8. The lowest BCUT2D eigenvalue weighted by Gasteiger charge is -2.29. The molecule has 0 fully saturated rings. The number of nitrogens with one attached hydrogen (secondary N) is 2. The summed E-state index contributed by atoms with van der Waals surface area (Å²) in [4.78, 5) is 58.9. The van der Waals surface area contributed by atoms with Gasteiger partial charge in [-0.1, -0.05) is 39.2 Å². The molecule has 0 aliphatic rings. The van der Waals surface area contributed by atoms with Crippen LogP contribution in [-0.4, -0.2) is 63.4 Å². The van der Waals surface area contributed by atoms with Gasteiger partial charge in [0.25, 0.3) is 5.91 Å². The van der Waals surface area contributed by atoms with E-state index >= 15 is 0 Å². The molecule has 12 nitrogen and oxygen atoms in total. The van der Waals surface area contributed by atoms with E-state index in [1.165, 1.54) is 30.3 Å². The summed E-state index contributed by atoms with van der Waals surface area (Å²) >= 11 is 0. The Hall–Kier alpha value is -4.19. The first-order chi connectivity index (χ1) is 18.1. The van der Waals surface area contributed by atoms with Gasteiger partial charge in [-0.2, -0.15) is 0 Å². The minimum absolute atomic E-state index is 0.0789. The van der Waals surface area contributed by atoms with E-state index in [0.29, 0.717) is 23.5 Å². The second-order valence-corrected chi connectivity index (χ2v) is 8.70. The number of nitrogens with zero attached hydrogens (tertiary/aromatic N) is 1. The summed E-state index contributed by atoms with van der Waals surface area (Å²) in [6, 6.07) is 6.27. The highest BCUT2D eigenvalue weighted by Gasteiger charge is 2.30. The molecule has 12 heteroatoms. The first kappa shape index (κ1) is 30.0. The summed E-state index contributed by atoms with van der Waals surface area (Å²) < 4.78 is 5.57. The number of aromatic carboxylic acids is 1. The van der Waals surface area contributed by atoms with Gasteiger partial charge in [-0.05, 0) is 42.7 Å². The largest absolute Gasteiger partial charge is 0.481 e. The molecule has 0 unspecified atom stereocenters. The molecule has 0 bridgehead atoms. The summed E-state index contributed by atoms with van der Waals surface area (Å²) in [5, 5.41) is 33.9. The molecule has 0 aliphatic heterocycles. The van der Waals surface area contributed by atoms with Crippen LogP contribution in [0.5, 0.6) is 0 Å². The van der Waals surface area contributed by atoms with E-state index in [0.717, 1.165) is 19.3 Å². The Morgan fingerprint density at radius 3 is 2.39 bits per heavy atom. The maximum atomic E-state index is 12.8. The molecular weight excluding hydrogens is 498 g/mol. The Balaban J connectivity index is 2.06. The van der Waals surface area contributed by atoms with Crippen molar-refractivity contribution >= 4 is 30.2 Å². The fourth-order valence-electron chi connectivity index (χ4n) is 4.16. The Morgan fingerprint density at radius 2 is 1.79 bits per heavy atom. The molecule has 2 atom stereocenters. The molecule has 0 radical (unpaired) electrons. The van der Waals surface area contributed by atoms with Gasteiger partial charge in [0, 0.05) is 5.56 Å². The van der Waals surface area contributed by atoms with E-state index in [4.69, 9.17) is 9.52 Å². The Kier molecular flexibility index (Phi) is 11.5. The van der Waals surface area contributed by atoms with Crippen LogP contribution in [0.25, 0.3) is 11.3 Å². The fourth-order valence-corrected chi connectivity index (χ4v) is 4.16. The molecule has 3 amide bonds. The zero-order valence-electron chi connectivity index (χ0n) is 21.3. The summed E-state index contributed by atoms with van der Waals surface area (Å²) in [7, 11) is 0. The van der Waals surface area contributed by atoms with E-state index in [2.05, 4.69) is 10.6 Å². The molecule has 0 spiro atoms. The number of furan rings is 1. The van der Waals surface area contributed by atoms with Crippen LogP contribution in [0.4, 0.5) is 0 Å². The number of hydroxylamine groups is 2. The van der Waals surface area contributed by atoms with Crippen molar-refractivity contribution in [1.29, 1.82) is 0 Å². The average molecular weight is 532 g/mol. The number of carbonyl (C=O) groups is 5. The third-order valence-electron chi connectivity index (χ3n) is 6.09. The van der Waals surface area contributed by atoms with Gasteiger partial charge in [0.05, 0.1) is 30.6 Å². The lowest BCUT2D eigenvalue weighted by Crippen LogP contribution is -2.47. The molecule has 38 heavy (non-hydrogen) atoms. The first-order valence-electron chi connectivity index (χ1n) is 12.3. The van der Waals surface area contributed by atoms with E-state index in [9.17, 15) is 34.3 Å². The van der Waals surface area contributed by atoms with Crippen LogP contribution in [0.1, 0.15) is 72.4 Å². The Bertz CT molecular complexity index is 1140. The molecular formula is C26H33N3O9. The summed E-state index contributed by atoms with van der Waals surface area (Å²) in [5.41, 5.74) is 0.331. The van der Waals surface area contributed by atoms with Crippen LogP contribution in [0.15, 0.2) is 34.7 Å². The van der Waals surface area contributed by atoms with Crippen LogP contribution >= 0.6 is 0 Å². The van der Waals surface area contributed by atoms with Crippen LogP contribution in [-0.2, 0) is 20.8 Å². The fraction of sp³-hybridized carbons (Fsp3) is 0.423. The van der Waals surface area contributed by atoms with Gasteiger partial charge in [-0.15, -0.1) is 0 Å². The van der Waals surface area contributed by atoms with Crippen molar-refractivity contribution in [3.8, 4) is 11.3 Å². The monoisotopic (exact) mass is 531 g/mol. The number of unbranched alkanes of at least 4 members (excludes halogenated alkanes) is 2. The first-order valence-corrected chi connectivity index (χ1v) is 12.3. The van der Waals surface area contributed by atoms with Crippen molar-refractivity contribution in [1.82, 2.24) is 15.7 Å². The number of rotatable bonds is 16. The number of benzene rings is 1. The molecule has 1 aromatic heterocycles. The van der Waals surface area contributed by atoms with Crippen molar-refractivity contribution in [2.45, 2.75) is 58.4 Å². The predicted octanol–water partition coefficient (Wildman–Crippen LogP) is 2.90. The second-order valence-electron chi connectivity index (χ2n) is 8.70. The van der Waals surface area contributed by atoms with Gasteiger partial charge in [-0.25, -0.2) is 9.86 Å². The summed E-state index contributed by atoms with van der Waals surface area (Å²) in [5.74, 6) is -4.02. The number of aliphatic carboxylic acids is 1. The molecule has 1 aromatic carbocycles. The van der Waals surface area contributed by atoms with Crippen molar-refractivity contribution in [2.24, 2.45) is 5.92 Å². The normalized spacial score (nSPS) is 12.3. The smallest absolute Gasteiger partial charge is 0.335 e. The lowest BCUT2D eigenvalue weighted by atomic mass is 9.90. The molecule has 0 aliphatic carbocycles. The van der Waals surface area contributed by atoms with E-state index < -0.39 is 42.1 Å². The number of carboxylic acid groups (broad SMARTS) is 2. The SMILES string of the molecule is CCCCC[C@@H](C(=O)NCNC(=O)c1ccc(-c2ccc(C(=O)O)c(CC(=O)O)c2)o1)[C@@H](CC)N(O)C=O. The third-order valence-corrected chi connectivity index (χ3v) is 6.09. The zero-order chi connectivity index (χ0) is 28.2. The topological polar surface area (TPSA) is 186 Å². The van der Waals surface area contributed by atoms with Gasteiger partial charge in [0.2, 0.25) is 12.3 Å². The molecule has 0 saturated heterocycles. The highest BCUT2D eigenvalue weighted by atomic mass is 16.5. The average Bonchev–Trinajstić information content (AvgIpc) is 3.38. The van der Waals surface area contributed by atoms with E-state index in [1.807, 2.05) is 6.92 Å². The maximum Gasteiger partial charge on any atom is 0.335 e. The molecule has 206 valence electrons. The quantitative estimate of drug-likeness (QED) is 0.0713. The molecule has 2 aromatic rings. The van der Waals surface area contributed by atoms with Gasteiger partial charge in [0.1, 0.15) is 5.76 Å². The van der Waals surface area contributed by atoms with Crippen molar-refractivity contribution < 1.29 is 43.8 Å². The summed E-state index contributed by atoms with van der Waals surface area (Å²) in [6.45, 7) is 3.55. The number of carboxylic acids is 2. The van der Waals surface area contributed by atoms with Gasteiger partial charge in [-0.3, -0.25) is 24.4 Å². The summed E-state index contributed by atoms with van der Waals surface area (Å²) in [6.07, 6.45) is 3.16. The predicted molar refractivity (Wildman–Crippen MR) is 134 cm³/mol. The highest BCUT2D eigenvalue weighted by molar-refractivity contribution is 5.93. The highest BCUT2D eigenvalue weighted by Crippen LogP contribution is 2.26. The Labute approximate surface area is 219 Å². The number of amides is 3. The van der Waals surface area contributed by atoms with Crippen LogP contribution in [0.2, 0.25) is 0 Å². The number of hydrogen-bond acceptors (Lipinski definition) is 7. The van der Waals surface area contributed by atoms with E-state index in [-0.39, 0.29) is 35.7 Å². The zero-order valence-corrected chi connectivity index (χ0v) is 21.3.